The van der Waals surface area contributed by atoms with E-state index in [1.54, 1.807) is 45.0 Å². The van der Waals surface area contributed by atoms with Crippen molar-refractivity contribution in [3.05, 3.63) is 70.4 Å². The molecule has 4 nitrogen and oxygen atoms in total. The standard InChI is InChI=1S/C25H23F4NO3/c1-4-33-19-8-6-5-7-13(19)14-9-20(32)30(17-11-25(2,3)12-18(31)21(14)17)24-22(28)15(26)10-16(27)23(24)29/h5-8,10,14H,4,9,11-12H2,1-3H3. The Balaban J connectivity index is 1.99. The van der Waals surface area contributed by atoms with Crippen LogP contribution < -0.4 is 9.64 Å². The topological polar surface area (TPSA) is 46.6 Å². The van der Waals surface area contributed by atoms with Gasteiger partial charge in [0.2, 0.25) is 5.91 Å². The van der Waals surface area contributed by atoms with Crippen molar-refractivity contribution in [2.45, 2.75) is 46.0 Å². The van der Waals surface area contributed by atoms with E-state index in [2.05, 4.69) is 0 Å². The molecule has 0 spiro atoms. The number of hydrogen-bond acceptors (Lipinski definition) is 3. The molecule has 1 atom stereocenters. The van der Waals surface area contributed by atoms with Gasteiger partial charge < -0.3 is 4.74 Å². The number of anilines is 1. The Hall–Kier alpha value is -3.16. The summed E-state index contributed by atoms with van der Waals surface area (Å²) in [6, 6.07) is 7.04. The van der Waals surface area contributed by atoms with Crippen LogP contribution in [0.5, 0.6) is 5.75 Å². The quantitative estimate of drug-likeness (QED) is 0.427. The average Bonchev–Trinajstić information content (AvgIpc) is 2.73. The number of carbonyl (C=O) groups is 2. The molecule has 8 heteroatoms. The third-order valence-electron chi connectivity index (χ3n) is 6.05. The number of ketones is 1. The second kappa shape index (κ2) is 8.32. The Morgan fingerprint density at radius 3 is 2.30 bits per heavy atom. The molecule has 1 heterocycles. The molecule has 2 aromatic carbocycles. The zero-order valence-corrected chi connectivity index (χ0v) is 18.5. The number of para-hydroxylation sites is 1. The Labute approximate surface area is 188 Å². The summed E-state index contributed by atoms with van der Waals surface area (Å²) in [6.45, 7) is 5.73. The molecular weight excluding hydrogens is 438 g/mol. The molecule has 0 saturated heterocycles. The van der Waals surface area contributed by atoms with Crippen LogP contribution in [-0.2, 0) is 9.59 Å². The zero-order chi connectivity index (χ0) is 24.1. The molecule has 1 aliphatic heterocycles. The lowest BCUT2D eigenvalue weighted by atomic mass is 9.69. The fraction of sp³-hybridized carbons (Fsp3) is 0.360. The molecular formula is C25H23F4NO3. The van der Waals surface area contributed by atoms with Crippen LogP contribution in [0.25, 0.3) is 0 Å². The van der Waals surface area contributed by atoms with Crippen LogP contribution in [0.1, 0.15) is 51.5 Å². The van der Waals surface area contributed by atoms with Gasteiger partial charge in [-0.2, -0.15) is 0 Å². The van der Waals surface area contributed by atoms with Crippen molar-refractivity contribution >= 4 is 17.4 Å². The Morgan fingerprint density at radius 2 is 1.67 bits per heavy atom. The highest BCUT2D eigenvalue weighted by molar-refractivity contribution is 6.08. The van der Waals surface area contributed by atoms with Gasteiger partial charge in [-0.1, -0.05) is 32.0 Å². The van der Waals surface area contributed by atoms with Crippen LogP contribution >= 0.6 is 0 Å². The third kappa shape index (κ3) is 3.92. The summed E-state index contributed by atoms with van der Waals surface area (Å²) in [4.78, 5) is 27.3. The van der Waals surface area contributed by atoms with E-state index in [1.165, 1.54) is 0 Å². The van der Waals surface area contributed by atoms with Gasteiger partial charge in [0.15, 0.2) is 29.1 Å². The molecule has 1 unspecified atom stereocenters. The average molecular weight is 461 g/mol. The van der Waals surface area contributed by atoms with Crippen molar-refractivity contribution in [1.82, 2.24) is 0 Å². The molecule has 1 amide bonds. The van der Waals surface area contributed by atoms with Gasteiger partial charge in [-0.3, -0.25) is 14.5 Å². The maximum atomic E-state index is 14.7. The highest BCUT2D eigenvalue weighted by Crippen LogP contribution is 2.50. The van der Waals surface area contributed by atoms with Crippen molar-refractivity contribution in [1.29, 1.82) is 0 Å². The van der Waals surface area contributed by atoms with Crippen LogP contribution in [-0.4, -0.2) is 18.3 Å². The Morgan fingerprint density at radius 1 is 1.03 bits per heavy atom. The van der Waals surface area contributed by atoms with Crippen molar-refractivity contribution in [2.24, 2.45) is 5.41 Å². The first kappa shape index (κ1) is 23.0. The van der Waals surface area contributed by atoms with E-state index >= 15 is 0 Å². The Kier molecular flexibility index (Phi) is 5.80. The number of Topliss-reactive ketones (excluding diaryl/α,β-unsaturated/α-hetero) is 1. The van der Waals surface area contributed by atoms with Gasteiger partial charge in [-0.05, 0) is 24.8 Å². The van der Waals surface area contributed by atoms with Crippen LogP contribution in [0, 0.1) is 28.7 Å². The van der Waals surface area contributed by atoms with Gasteiger partial charge >= 0.3 is 0 Å². The number of allylic oxidation sites excluding steroid dienone is 2. The van der Waals surface area contributed by atoms with Crippen LogP contribution in [0.4, 0.5) is 23.2 Å². The summed E-state index contributed by atoms with van der Waals surface area (Å²) in [6.07, 6.45) is -0.0418. The summed E-state index contributed by atoms with van der Waals surface area (Å²) in [7, 11) is 0. The molecule has 174 valence electrons. The number of ether oxygens (including phenoxy) is 1. The number of amides is 1. The van der Waals surface area contributed by atoms with Gasteiger partial charge in [-0.15, -0.1) is 0 Å². The molecule has 0 N–H and O–H groups in total. The number of benzene rings is 2. The molecule has 0 fully saturated rings. The zero-order valence-electron chi connectivity index (χ0n) is 18.5. The van der Waals surface area contributed by atoms with E-state index in [9.17, 15) is 27.2 Å². The number of halogens is 4. The Bertz CT molecular complexity index is 1160. The number of rotatable bonds is 4. The van der Waals surface area contributed by atoms with E-state index in [-0.39, 0.29) is 42.4 Å². The lowest BCUT2D eigenvalue weighted by Gasteiger charge is -2.43. The van der Waals surface area contributed by atoms with Crippen molar-refractivity contribution < 1.29 is 31.9 Å². The minimum Gasteiger partial charge on any atom is -0.494 e. The third-order valence-corrected chi connectivity index (χ3v) is 6.05. The maximum absolute atomic E-state index is 14.7. The molecule has 1 aliphatic carbocycles. The predicted molar refractivity (Wildman–Crippen MR) is 114 cm³/mol. The second-order valence-electron chi connectivity index (χ2n) is 9.07. The largest absolute Gasteiger partial charge is 0.494 e. The molecule has 2 aliphatic rings. The number of nitrogens with zero attached hydrogens (tertiary/aromatic N) is 1. The van der Waals surface area contributed by atoms with Crippen molar-refractivity contribution in [2.75, 3.05) is 11.5 Å². The summed E-state index contributed by atoms with van der Waals surface area (Å²) >= 11 is 0. The normalized spacial score (nSPS) is 20.2. The monoisotopic (exact) mass is 461 g/mol. The number of hydrogen-bond donors (Lipinski definition) is 0. The van der Waals surface area contributed by atoms with Gasteiger partial charge in [0.05, 0.1) is 6.61 Å². The summed E-state index contributed by atoms with van der Waals surface area (Å²) in [5.74, 6) is -7.88. The first-order chi connectivity index (χ1) is 15.6. The fourth-order valence-electron chi connectivity index (χ4n) is 4.75. The van der Waals surface area contributed by atoms with E-state index in [0.29, 0.717) is 22.8 Å². The van der Waals surface area contributed by atoms with Gasteiger partial charge in [0.25, 0.3) is 0 Å². The summed E-state index contributed by atoms with van der Waals surface area (Å²) in [5.41, 5.74) is -0.892. The number of carbonyl (C=O) groups excluding carboxylic acids is 2. The lowest BCUT2D eigenvalue weighted by Crippen LogP contribution is -2.44. The van der Waals surface area contributed by atoms with Gasteiger partial charge in [0, 0.05) is 41.7 Å². The smallest absolute Gasteiger partial charge is 0.232 e. The minimum absolute atomic E-state index is 0.0617. The molecule has 0 saturated carbocycles. The first-order valence-electron chi connectivity index (χ1n) is 10.7. The van der Waals surface area contributed by atoms with E-state index in [1.807, 2.05) is 0 Å². The molecule has 4 rings (SSSR count). The van der Waals surface area contributed by atoms with Crippen molar-refractivity contribution in [3.8, 4) is 5.75 Å². The predicted octanol–water partition coefficient (Wildman–Crippen LogP) is 5.81. The van der Waals surface area contributed by atoms with Crippen molar-refractivity contribution in [3.63, 3.8) is 0 Å². The van der Waals surface area contributed by atoms with E-state index < -0.39 is 46.2 Å². The van der Waals surface area contributed by atoms with E-state index in [0.717, 1.165) is 0 Å². The maximum Gasteiger partial charge on any atom is 0.232 e. The molecule has 0 radical (unpaired) electrons. The molecule has 0 aromatic heterocycles. The van der Waals surface area contributed by atoms with Crippen LogP contribution in [0.2, 0.25) is 0 Å². The van der Waals surface area contributed by atoms with Crippen LogP contribution in [0.15, 0.2) is 41.6 Å². The second-order valence-corrected chi connectivity index (χ2v) is 9.07. The molecule has 33 heavy (non-hydrogen) atoms. The minimum atomic E-state index is -1.68. The highest BCUT2D eigenvalue weighted by atomic mass is 19.2. The highest BCUT2D eigenvalue weighted by Gasteiger charge is 2.46. The van der Waals surface area contributed by atoms with Gasteiger partial charge in [-0.25, -0.2) is 17.6 Å². The summed E-state index contributed by atoms with van der Waals surface area (Å²) < 4.78 is 63.2. The fourth-order valence-corrected chi connectivity index (χ4v) is 4.75. The SMILES string of the molecule is CCOc1ccccc1C1CC(=O)N(c2c(F)c(F)cc(F)c2F)C2=C1C(=O)CC(C)(C)C2. The first-order valence-corrected chi connectivity index (χ1v) is 10.7. The molecule has 0 bridgehead atoms. The lowest BCUT2D eigenvalue weighted by molar-refractivity contribution is -0.121. The summed E-state index contributed by atoms with van der Waals surface area (Å²) in [5, 5.41) is 0. The van der Waals surface area contributed by atoms with Gasteiger partial charge in [0.1, 0.15) is 11.4 Å². The van der Waals surface area contributed by atoms with E-state index in [4.69, 9.17) is 4.74 Å². The molecule has 2 aromatic rings. The van der Waals surface area contributed by atoms with Crippen LogP contribution in [0.3, 0.4) is 0 Å².